The normalized spacial score (nSPS) is 12.4. The van der Waals surface area contributed by atoms with Gasteiger partial charge in [0.15, 0.2) is 0 Å². The minimum Gasteiger partial charge on any atom is -0.356 e. The second-order valence-corrected chi connectivity index (χ2v) is 7.15. The van der Waals surface area contributed by atoms with Crippen LogP contribution in [0.3, 0.4) is 0 Å². The van der Waals surface area contributed by atoms with Crippen LogP contribution < -0.4 is 5.32 Å². The van der Waals surface area contributed by atoms with Crippen molar-refractivity contribution in [1.82, 2.24) is 5.32 Å². The van der Waals surface area contributed by atoms with Gasteiger partial charge in [-0.05, 0) is 19.3 Å². The van der Waals surface area contributed by atoms with Crippen molar-refractivity contribution in [3.8, 4) is 0 Å². The molecule has 0 aliphatic carbocycles. The maximum absolute atomic E-state index is 11.6. The molecule has 0 saturated carbocycles. The third-order valence-electron chi connectivity index (χ3n) is 4.60. The molecule has 0 aliphatic rings. The summed E-state index contributed by atoms with van der Waals surface area (Å²) in [6, 6.07) is 0. The number of hydrogen-bond donors (Lipinski definition) is 1. The van der Waals surface area contributed by atoms with Gasteiger partial charge in [0.1, 0.15) is 5.78 Å². The number of carbonyl (C=O) groups excluding carboxylic acids is 2. The van der Waals surface area contributed by atoms with Gasteiger partial charge in [0.2, 0.25) is 5.91 Å². The van der Waals surface area contributed by atoms with Gasteiger partial charge in [0.05, 0.1) is 0 Å². The van der Waals surface area contributed by atoms with Crippen molar-refractivity contribution in [2.24, 2.45) is 11.8 Å². The van der Waals surface area contributed by atoms with Gasteiger partial charge in [0.25, 0.3) is 0 Å². The predicted octanol–water partition coefficient (Wildman–Crippen LogP) is 5.27. The van der Waals surface area contributed by atoms with Crippen LogP contribution in [0.25, 0.3) is 0 Å². The van der Waals surface area contributed by atoms with Crippen molar-refractivity contribution in [1.29, 1.82) is 0 Å². The van der Waals surface area contributed by atoms with Crippen molar-refractivity contribution in [2.75, 3.05) is 6.54 Å². The fraction of sp³-hybridized carbons (Fsp3) is 0.900. The zero-order valence-corrected chi connectivity index (χ0v) is 16.0. The van der Waals surface area contributed by atoms with Gasteiger partial charge in [-0.1, -0.05) is 72.6 Å². The molecule has 0 aromatic heterocycles. The SMILES string of the molecule is CCC(C)C(=O)NCCCCCCCCCCCC(=O)C(C)C. The summed E-state index contributed by atoms with van der Waals surface area (Å²) < 4.78 is 0. The molecule has 0 saturated heterocycles. The Bertz CT molecular complexity index is 313. The third kappa shape index (κ3) is 13.3. The number of amides is 1. The van der Waals surface area contributed by atoms with Crippen LogP contribution in [0, 0.1) is 11.8 Å². The van der Waals surface area contributed by atoms with Gasteiger partial charge in [-0.3, -0.25) is 9.59 Å². The van der Waals surface area contributed by atoms with E-state index in [1.165, 1.54) is 44.9 Å². The molecule has 1 amide bonds. The summed E-state index contributed by atoms with van der Waals surface area (Å²) in [5, 5.41) is 3.01. The number of rotatable bonds is 15. The fourth-order valence-corrected chi connectivity index (χ4v) is 2.52. The van der Waals surface area contributed by atoms with E-state index in [1.54, 1.807) is 0 Å². The molecule has 3 nitrogen and oxygen atoms in total. The molecule has 0 spiro atoms. The molecule has 0 radical (unpaired) electrons. The number of carbonyl (C=O) groups is 2. The Kier molecular flexibility index (Phi) is 14.2. The Morgan fingerprint density at radius 1 is 0.783 bits per heavy atom. The molecule has 23 heavy (non-hydrogen) atoms. The molecule has 1 unspecified atom stereocenters. The molecule has 0 rings (SSSR count). The van der Waals surface area contributed by atoms with Gasteiger partial charge >= 0.3 is 0 Å². The van der Waals surface area contributed by atoms with Gasteiger partial charge in [-0.15, -0.1) is 0 Å². The molecule has 0 aliphatic heterocycles. The van der Waals surface area contributed by atoms with Gasteiger partial charge in [0, 0.05) is 24.8 Å². The van der Waals surface area contributed by atoms with Gasteiger partial charge < -0.3 is 5.32 Å². The highest BCUT2D eigenvalue weighted by atomic mass is 16.1. The second kappa shape index (κ2) is 14.7. The number of Topliss-reactive ketones (excluding diaryl/α,β-unsaturated/α-hetero) is 1. The summed E-state index contributed by atoms with van der Waals surface area (Å²) in [6.07, 6.45) is 12.7. The van der Waals surface area contributed by atoms with E-state index in [9.17, 15) is 9.59 Å². The molecule has 0 fully saturated rings. The van der Waals surface area contributed by atoms with Crippen LogP contribution in [0.1, 0.15) is 98.3 Å². The quantitative estimate of drug-likeness (QED) is 0.417. The molecule has 136 valence electrons. The molecule has 0 aromatic carbocycles. The maximum Gasteiger partial charge on any atom is 0.222 e. The summed E-state index contributed by atoms with van der Waals surface area (Å²) in [7, 11) is 0. The van der Waals surface area contributed by atoms with Crippen molar-refractivity contribution in [3.05, 3.63) is 0 Å². The summed E-state index contributed by atoms with van der Waals surface area (Å²) in [6.45, 7) is 8.82. The Hall–Kier alpha value is -0.860. The first-order valence-corrected chi connectivity index (χ1v) is 9.79. The molecular weight excluding hydrogens is 286 g/mol. The first-order valence-electron chi connectivity index (χ1n) is 9.79. The van der Waals surface area contributed by atoms with Gasteiger partial charge in [-0.25, -0.2) is 0 Å². The molecule has 1 N–H and O–H groups in total. The van der Waals surface area contributed by atoms with E-state index in [-0.39, 0.29) is 17.7 Å². The number of nitrogens with one attached hydrogen (secondary N) is 1. The second-order valence-electron chi connectivity index (χ2n) is 7.15. The van der Waals surface area contributed by atoms with Crippen molar-refractivity contribution in [2.45, 2.75) is 98.3 Å². The van der Waals surface area contributed by atoms with Crippen LogP contribution in [0.15, 0.2) is 0 Å². The number of unbranched alkanes of at least 4 members (excludes halogenated alkanes) is 8. The molecule has 0 aromatic rings. The fourth-order valence-electron chi connectivity index (χ4n) is 2.52. The monoisotopic (exact) mass is 325 g/mol. The summed E-state index contributed by atoms with van der Waals surface area (Å²) in [4.78, 5) is 23.1. The number of hydrogen-bond acceptors (Lipinski definition) is 2. The van der Waals surface area contributed by atoms with E-state index < -0.39 is 0 Å². The molecule has 1 atom stereocenters. The van der Waals surface area contributed by atoms with E-state index in [1.807, 2.05) is 27.7 Å². The predicted molar refractivity (Wildman–Crippen MR) is 98.5 cm³/mol. The van der Waals surface area contributed by atoms with E-state index in [2.05, 4.69) is 5.32 Å². The van der Waals surface area contributed by atoms with Crippen LogP contribution >= 0.6 is 0 Å². The standard InChI is InChI=1S/C20H39NO2/c1-5-18(4)20(23)21-16-14-12-10-8-6-7-9-11-13-15-19(22)17(2)3/h17-18H,5-16H2,1-4H3,(H,21,23). The lowest BCUT2D eigenvalue weighted by Crippen LogP contribution is -2.29. The van der Waals surface area contributed by atoms with Crippen molar-refractivity contribution in [3.63, 3.8) is 0 Å². The van der Waals surface area contributed by atoms with E-state index in [4.69, 9.17) is 0 Å². The lowest BCUT2D eigenvalue weighted by atomic mass is 10.0. The zero-order valence-electron chi connectivity index (χ0n) is 16.0. The third-order valence-corrected chi connectivity index (χ3v) is 4.60. The van der Waals surface area contributed by atoms with Crippen LogP contribution in [-0.2, 0) is 9.59 Å². The van der Waals surface area contributed by atoms with Crippen LogP contribution in [0.4, 0.5) is 0 Å². The molecule has 0 bridgehead atoms. The lowest BCUT2D eigenvalue weighted by molar-refractivity contribution is -0.124. The largest absolute Gasteiger partial charge is 0.356 e. The topological polar surface area (TPSA) is 46.2 Å². The van der Waals surface area contributed by atoms with Crippen LogP contribution in [0.5, 0.6) is 0 Å². The highest BCUT2D eigenvalue weighted by Gasteiger charge is 2.08. The average molecular weight is 326 g/mol. The maximum atomic E-state index is 11.6. The Labute approximate surface area is 144 Å². The first kappa shape index (κ1) is 22.1. The molecular formula is C20H39NO2. The first-order chi connectivity index (χ1) is 11.0. The Balaban J connectivity index is 3.22. The van der Waals surface area contributed by atoms with Crippen LogP contribution in [0.2, 0.25) is 0 Å². The molecule has 3 heteroatoms. The average Bonchev–Trinajstić information content (AvgIpc) is 2.54. The summed E-state index contributed by atoms with van der Waals surface area (Å²) in [5.41, 5.74) is 0. The number of ketones is 1. The lowest BCUT2D eigenvalue weighted by Gasteiger charge is -2.09. The zero-order chi connectivity index (χ0) is 17.5. The van der Waals surface area contributed by atoms with Crippen molar-refractivity contribution >= 4 is 11.7 Å². The minimum absolute atomic E-state index is 0.144. The highest BCUT2D eigenvalue weighted by Crippen LogP contribution is 2.12. The Morgan fingerprint density at radius 3 is 1.74 bits per heavy atom. The van der Waals surface area contributed by atoms with E-state index in [0.717, 1.165) is 32.2 Å². The van der Waals surface area contributed by atoms with Crippen LogP contribution in [-0.4, -0.2) is 18.2 Å². The minimum atomic E-state index is 0.144. The Morgan fingerprint density at radius 2 is 1.26 bits per heavy atom. The molecule has 0 heterocycles. The summed E-state index contributed by atoms with van der Waals surface area (Å²) in [5.74, 6) is 0.949. The summed E-state index contributed by atoms with van der Waals surface area (Å²) >= 11 is 0. The van der Waals surface area contributed by atoms with E-state index in [0.29, 0.717) is 5.78 Å². The van der Waals surface area contributed by atoms with Gasteiger partial charge in [-0.2, -0.15) is 0 Å². The smallest absolute Gasteiger partial charge is 0.222 e. The highest BCUT2D eigenvalue weighted by molar-refractivity contribution is 5.80. The van der Waals surface area contributed by atoms with E-state index >= 15 is 0 Å². The van der Waals surface area contributed by atoms with Crippen molar-refractivity contribution < 1.29 is 9.59 Å².